The van der Waals surface area contributed by atoms with E-state index < -0.39 is 0 Å². The summed E-state index contributed by atoms with van der Waals surface area (Å²) in [4.78, 5) is 14.9. The van der Waals surface area contributed by atoms with Crippen molar-refractivity contribution in [2.24, 2.45) is 5.92 Å². The first-order valence-electron chi connectivity index (χ1n) is 8.20. The third kappa shape index (κ3) is 2.84. The Bertz CT molecular complexity index is 495. The lowest BCUT2D eigenvalue weighted by Gasteiger charge is -2.24. The lowest BCUT2D eigenvalue weighted by atomic mass is 9.94. The van der Waals surface area contributed by atoms with Crippen molar-refractivity contribution in [1.82, 2.24) is 10.2 Å². The van der Waals surface area contributed by atoms with Crippen LogP contribution in [0.2, 0.25) is 0 Å². The lowest BCUT2D eigenvalue weighted by molar-refractivity contribution is -0.125. The van der Waals surface area contributed by atoms with Crippen LogP contribution in [0.4, 0.5) is 0 Å². The number of nitrogens with one attached hydrogen (secondary N) is 1. The Kier molecular flexibility index (Phi) is 4.03. The first-order chi connectivity index (χ1) is 10.2. The van der Waals surface area contributed by atoms with E-state index in [4.69, 9.17) is 0 Å². The van der Waals surface area contributed by atoms with Crippen molar-refractivity contribution in [2.75, 3.05) is 20.1 Å². The summed E-state index contributed by atoms with van der Waals surface area (Å²) >= 11 is 0. The summed E-state index contributed by atoms with van der Waals surface area (Å²) in [5, 5.41) is 3.25. The third-order valence-electron chi connectivity index (χ3n) is 5.42. The molecule has 0 spiro atoms. The maximum Gasteiger partial charge on any atom is 0.224 e. The minimum absolute atomic E-state index is 0.173. The molecular weight excluding hydrogens is 260 g/mol. The molecule has 3 rings (SSSR count). The summed E-state index contributed by atoms with van der Waals surface area (Å²) in [7, 11) is 2.13. The topological polar surface area (TPSA) is 32.3 Å². The molecule has 1 saturated heterocycles. The molecule has 1 amide bonds. The van der Waals surface area contributed by atoms with E-state index in [0.717, 1.165) is 25.9 Å². The molecule has 0 unspecified atom stereocenters. The first kappa shape index (κ1) is 14.6. The van der Waals surface area contributed by atoms with Crippen LogP contribution in [0, 0.1) is 5.92 Å². The summed E-state index contributed by atoms with van der Waals surface area (Å²) in [6, 6.07) is 11.0. The second-order valence-electron chi connectivity index (χ2n) is 6.72. The largest absolute Gasteiger partial charge is 0.355 e. The maximum atomic E-state index is 12.5. The number of carbonyl (C=O) groups is 1. The Labute approximate surface area is 127 Å². The molecular formula is C18H26N2O. The fraction of sp³-hybridized carbons (Fsp3) is 0.611. The smallest absolute Gasteiger partial charge is 0.224 e. The van der Waals surface area contributed by atoms with Crippen LogP contribution in [0.5, 0.6) is 0 Å². The van der Waals surface area contributed by atoms with Gasteiger partial charge >= 0.3 is 0 Å². The van der Waals surface area contributed by atoms with Crippen LogP contribution < -0.4 is 5.32 Å². The molecule has 1 aliphatic carbocycles. The highest BCUT2D eigenvalue weighted by atomic mass is 16.2. The number of likely N-dealkylation sites (tertiary alicyclic amines) is 1. The Morgan fingerprint density at radius 2 is 2.05 bits per heavy atom. The van der Waals surface area contributed by atoms with E-state index in [-0.39, 0.29) is 17.2 Å². The van der Waals surface area contributed by atoms with Crippen LogP contribution in [-0.2, 0) is 10.2 Å². The third-order valence-corrected chi connectivity index (χ3v) is 5.42. The van der Waals surface area contributed by atoms with Crippen LogP contribution in [0.3, 0.4) is 0 Å². The Morgan fingerprint density at radius 1 is 1.33 bits per heavy atom. The number of hydrogen-bond donors (Lipinski definition) is 1. The monoisotopic (exact) mass is 286 g/mol. The molecule has 1 aliphatic heterocycles. The Hall–Kier alpha value is -1.35. The minimum atomic E-state index is 0.173. The number of amides is 1. The van der Waals surface area contributed by atoms with E-state index in [0.29, 0.717) is 6.04 Å². The minimum Gasteiger partial charge on any atom is -0.355 e. The lowest BCUT2D eigenvalue weighted by Crippen LogP contribution is -2.41. The highest BCUT2D eigenvalue weighted by Crippen LogP contribution is 2.47. The van der Waals surface area contributed by atoms with Gasteiger partial charge in [0.2, 0.25) is 5.91 Å². The quantitative estimate of drug-likeness (QED) is 0.902. The van der Waals surface area contributed by atoms with E-state index in [9.17, 15) is 4.79 Å². The average Bonchev–Trinajstić information content (AvgIpc) is 3.22. The van der Waals surface area contributed by atoms with Gasteiger partial charge < -0.3 is 10.2 Å². The number of benzene rings is 1. The molecule has 21 heavy (non-hydrogen) atoms. The van der Waals surface area contributed by atoms with Gasteiger partial charge in [-0.3, -0.25) is 4.79 Å². The predicted octanol–water partition coefficient (Wildman–Crippen LogP) is 2.56. The van der Waals surface area contributed by atoms with Gasteiger partial charge in [-0.1, -0.05) is 37.3 Å². The highest BCUT2D eigenvalue weighted by molar-refractivity contribution is 5.80. The van der Waals surface area contributed by atoms with E-state index in [1.54, 1.807) is 0 Å². The van der Waals surface area contributed by atoms with Gasteiger partial charge in [0.05, 0.1) is 5.92 Å². The van der Waals surface area contributed by atoms with Crippen molar-refractivity contribution < 1.29 is 4.79 Å². The second-order valence-corrected chi connectivity index (χ2v) is 6.72. The maximum absolute atomic E-state index is 12.5. The normalized spacial score (nSPS) is 27.5. The zero-order valence-electron chi connectivity index (χ0n) is 13.1. The van der Waals surface area contributed by atoms with E-state index in [1.165, 1.54) is 18.4 Å². The molecule has 0 radical (unpaired) electrons. The van der Waals surface area contributed by atoms with Crippen molar-refractivity contribution >= 4 is 5.91 Å². The average molecular weight is 286 g/mol. The molecule has 2 atom stereocenters. The molecule has 2 fully saturated rings. The van der Waals surface area contributed by atoms with Crippen molar-refractivity contribution in [1.29, 1.82) is 0 Å². The molecule has 2 aliphatic rings. The van der Waals surface area contributed by atoms with Crippen LogP contribution >= 0.6 is 0 Å². The SMILES string of the molecule is CC[C@@H]1[C@@H](C(=O)NCC2(c3ccccc3)CC2)CCN1C. The van der Waals surface area contributed by atoms with Gasteiger partial charge in [0.25, 0.3) is 0 Å². The van der Waals surface area contributed by atoms with Gasteiger partial charge in [0.15, 0.2) is 0 Å². The summed E-state index contributed by atoms with van der Waals surface area (Å²) < 4.78 is 0. The number of carbonyl (C=O) groups excluding carboxylic acids is 1. The van der Waals surface area contributed by atoms with Crippen LogP contribution in [0.1, 0.15) is 38.2 Å². The summed E-state index contributed by atoms with van der Waals surface area (Å²) in [5.74, 6) is 0.431. The van der Waals surface area contributed by atoms with E-state index in [2.05, 4.69) is 54.5 Å². The summed E-state index contributed by atoms with van der Waals surface area (Å²) in [6.07, 6.45) is 4.44. The number of nitrogens with zero attached hydrogens (tertiary/aromatic N) is 1. The van der Waals surface area contributed by atoms with Crippen LogP contribution in [0.25, 0.3) is 0 Å². The predicted molar refractivity (Wildman–Crippen MR) is 85.2 cm³/mol. The van der Waals surface area contributed by atoms with Gasteiger partial charge in [-0.25, -0.2) is 0 Å². The molecule has 3 heteroatoms. The van der Waals surface area contributed by atoms with Crippen LogP contribution in [0.15, 0.2) is 30.3 Å². The molecule has 1 heterocycles. The zero-order valence-corrected chi connectivity index (χ0v) is 13.1. The van der Waals surface area contributed by atoms with Gasteiger partial charge in [0.1, 0.15) is 0 Å². The van der Waals surface area contributed by atoms with E-state index >= 15 is 0 Å². The Morgan fingerprint density at radius 3 is 2.67 bits per heavy atom. The highest BCUT2D eigenvalue weighted by Gasteiger charge is 2.45. The fourth-order valence-electron chi connectivity index (χ4n) is 3.81. The van der Waals surface area contributed by atoms with Gasteiger partial charge in [-0.2, -0.15) is 0 Å². The fourth-order valence-corrected chi connectivity index (χ4v) is 3.81. The Balaban J connectivity index is 1.59. The molecule has 0 bridgehead atoms. The van der Waals surface area contributed by atoms with Gasteiger partial charge in [-0.05, 0) is 44.8 Å². The molecule has 3 nitrogen and oxygen atoms in total. The second kappa shape index (κ2) is 5.80. The summed E-state index contributed by atoms with van der Waals surface area (Å²) in [5.41, 5.74) is 1.59. The van der Waals surface area contributed by atoms with Crippen molar-refractivity contribution in [2.45, 2.75) is 44.1 Å². The number of hydrogen-bond acceptors (Lipinski definition) is 2. The molecule has 1 N–H and O–H groups in total. The van der Waals surface area contributed by atoms with Crippen LogP contribution in [-0.4, -0.2) is 37.0 Å². The summed E-state index contributed by atoms with van der Waals surface area (Å²) in [6.45, 7) is 4.02. The standard InChI is InChI=1S/C18H26N2O/c1-3-16-15(9-12-20(16)2)17(21)19-13-18(10-11-18)14-7-5-4-6-8-14/h4-8,15-16H,3,9-13H2,1-2H3,(H,19,21)/t15-,16+/m0/s1. The number of rotatable bonds is 5. The first-order valence-corrected chi connectivity index (χ1v) is 8.20. The van der Waals surface area contributed by atoms with E-state index in [1.807, 2.05) is 0 Å². The van der Waals surface area contributed by atoms with Crippen molar-refractivity contribution in [3.05, 3.63) is 35.9 Å². The molecule has 0 aromatic heterocycles. The van der Waals surface area contributed by atoms with Crippen molar-refractivity contribution in [3.63, 3.8) is 0 Å². The molecule has 1 aromatic carbocycles. The van der Waals surface area contributed by atoms with Gasteiger partial charge in [0, 0.05) is 18.0 Å². The van der Waals surface area contributed by atoms with Gasteiger partial charge in [-0.15, -0.1) is 0 Å². The zero-order chi connectivity index (χ0) is 14.9. The molecule has 1 aromatic rings. The molecule has 1 saturated carbocycles. The molecule has 114 valence electrons. The van der Waals surface area contributed by atoms with Crippen molar-refractivity contribution in [3.8, 4) is 0 Å².